The highest BCUT2D eigenvalue weighted by Gasteiger charge is 2.30. The Kier molecular flexibility index (Phi) is 8.43. The molecule has 0 aliphatic carbocycles. The first kappa shape index (κ1) is 22.5. The second-order valence-electron chi connectivity index (χ2n) is 8.11. The molecular weight excluding hydrogens is 374 g/mol. The number of carbonyl (C=O) groups is 1. The number of nitrogens with one attached hydrogen (secondary N) is 1. The fourth-order valence-electron chi connectivity index (χ4n) is 4.22. The summed E-state index contributed by atoms with van der Waals surface area (Å²) in [5, 5.41) is 3.07. The Morgan fingerprint density at radius 3 is 2.53 bits per heavy atom. The van der Waals surface area contributed by atoms with Crippen LogP contribution < -0.4 is 5.32 Å². The van der Waals surface area contributed by atoms with Crippen LogP contribution in [0.4, 0.5) is 0 Å². The first-order valence-corrected chi connectivity index (χ1v) is 11.0. The Hall–Kier alpha value is -2.21. The second kappa shape index (κ2) is 11.3. The van der Waals surface area contributed by atoms with E-state index in [9.17, 15) is 4.79 Å². The molecule has 1 aliphatic heterocycles. The number of methoxy groups -OCH3 is 1. The van der Waals surface area contributed by atoms with Crippen LogP contribution in [0.15, 0.2) is 54.6 Å². The van der Waals surface area contributed by atoms with Gasteiger partial charge in [-0.25, -0.2) is 0 Å². The number of hydrogen-bond acceptors (Lipinski definition) is 4. The number of carbonyl (C=O) groups excluding carboxylic acids is 1. The summed E-state index contributed by atoms with van der Waals surface area (Å²) in [4.78, 5) is 17.4. The average molecular weight is 410 g/mol. The van der Waals surface area contributed by atoms with Gasteiger partial charge >= 0.3 is 0 Å². The van der Waals surface area contributed by atoms with Crippen molar-refractivity contribution in [1.82, 2.24) is 15.1 Å². The summed E-state index contributed by atoms with van der Waals surface area (Å²) in [5.41, 5.74) is 3.60. The van der Waals surface area contributed by atoms with Crippen LogP contribution in [0.3, 0.4) is 0 Å². The molecule has 1 heterocycles. The molecule has 1 N–H and O–H groups in total. The van der Waals surface area contributed by atoms with E-state index < -0.39 is 0 Å². The molecule has 5 nitrogen and oxygen atoms in total. The molecule has 5 heteroatoms. The number of ether oxygens (including phenoxy) is 1. The van der Waals surface area contributed by atoms with Crippen LogP contribution in [0.5, 0.6) is 0 Å². The van der Waals surface area contributed by atoms with Crippen LogP contribution in [0, 0.1) is 0 Å². The van der Waals surface area contributed by atoms with Crippen molar-refractivity contribution in [2.75, 3.05) is 33.3 Å². The lowest BCUT2D eigenvalue weighted by atomic mass is 10.1. The van der Waals surface area contributed by atoms with Crippen LogP contribution in [0.2, 0.25) is 0 Å². The number of likely N-dealkylation sites (N-methyl/N-ethyl adjacent to an activating group) is 1. The topological polar surface area (TPSA) is 44.8 Å². The molecule has 2 aromatic rings. The molecule has 0 aromatic heterocycles. The van der Waals surface area contributed by atoms with Crippen molar-refractivity contribution in [1.29, 1.82) is 0 Å². The third-order valence-electron chi connectivity index (χ3n) is 6.12. The Balaban J connectivity index is 1.47. The Labute approximate surface area is 181 Å². The Morgan fingerprint density at radius 1 is 1.17 bits per heavy atom. The maximum absolute atomic E-state index is 12.6. The lowest BCUT2D eigenvalue weighted by molar-refractivity contribution is -0.122. The van der Waals surface area contributed by atoms with Gasteiger partial charge in [0.2, 0.25) is 5.91 Å². The van der Waals surface area contributed by atoms with Crippen molar-refractivity contribution in [3.63, 3.8) is 0 Å². The van der Waals surface area contributed by atoms with E-state index in [0.29, 0.717) is 31.8 Å². The molecule has 2 aromatic carbocycles. The van der Waals surface area contributed by atoms with Gasteiger partial charge in [0.15, 0.2) is 0 Å². The number of amides is 1. The first-order valence-electron chi connectivity index (χ1n) is 11.0. The van der Waals surface area contributed by atoms with E-state index in [1.165, 1.54) is 5.56 Å². The standard InChI is InChI=1S/C25H35N3O2/c1-4-27(18-25(29)26-16-21-10-12-22(13-11-21)19-30-3)24-14-15-28(17-24)20(2)23-8-6-5-7-9-23/h5-13,20,24H,4,14-19H2,1-3H3,(H,26,29). The summed E-state index contributed by atoms with van der Waals surface area (Å²) in [7, 11) is 1.69. The number of nitrogens with zero attached hydrogens (tertiary/aromatic N) is 2. The molecule has 30 heavy (non-hydrogen) atoms. The number of hydrogen-bond donors (Lipinski definition) is 1. The van der Waals surface area contributed by atoms with E-state index in [1.54, 1.807) is 7.11 Å². The molecule has 1 aliphatic rings. The Morgan fingerprint density at radius 2 is 1.87 bits per heavy atom. The zero-order valence-electron chi connectivity index (χ0n) is 18.5. The molecule has 3 rings (SSSR count). The monoisotopic (exact) mass is 409 g/mol. The van der Waals surface area contributed by atoms with Crippen LogP contribution in [-0.4, -0.2) is 55.0 Å². The van der Waals surface area contributed by atoms with Crippen molar-refractivity contribution in [3.05, 3.63) is 71.3 Å². The molecule has 1 saturated heterocycles. The summed E-state index contributed by atoms with van der Waals surface area (Å²) in [6, 6.07) is 19.7. The zero-order chi connectivity index (χ0) is 21.3. The minimum absolute atomic E-state index is 0.0902. The highest BCUT2D eigenvalue weighted by Crippen LogP contribution is 2.26. The van der Waals surface area contributed by atoms with E-state index in [-0.39, 0.29) is 5.91 Å². The van der Waals surface area contributed by atoms with Crippen molar-refractivity contribution in [2.45, 2.75) is 45.5 Å². The maximum atomic E-state index is 12.6. The van der Waals surface area contributed by atoms with Gasteiger partial charge in [0.05, 0.1) is 13.2 Å². The quantitative estimate of drug-likeness (QED) is 0.651. The van der Waals surface area contributed by atoms with Gasteiger partial charge in [0, 0.05) is 38.8 Å². The normalized spacial score (nSPS) is 17.9. The highest BCUT2D eigenvalue weighted by atomic mass is 16.5. The van der Waals surface area contributed by atoms with Crippen LogP contribution in [-0.2, 0) is 22.7 Å². The van der Waals surface area contributed by atoms with Crippen LogP contribution in [0.25, 0.3) is 0 Å². The van der Waals surface area contributed by atoms with Gasteiger partial charge in [-0.05, 0) is 36.6 Å². The summed E-state index contributed by atoms with van der Waals surface area (Å²) in [6.45, 7) is 9.02. The fourth-order valence-corrected chi connectivity index (χ4v) is 4.22. The second-order valence-corrected chi connectivity index (χ2v) is 8.11. The predicted molar refractivity (Wildman–Crippen MR) is 121 cm³/mol. The summed E-state index contributed by atoms with van der Waals surface area (Å²) < 4.78 is 5.14. The largest absolute Gasteiger partial charge is 0.380 e. The molecule has 0 saturated carbocycles. The summed E-state index contributed by atoms with van der Waals surface area (Å²) in [6.07, 6.45) is 1.11. The molecule has 2 atom stereocenters. The van der Waals surface area contributed by atoms with Gasteiger partial charge in [-0.2, -0.15) is 0 Å². The highest BCUT2D eigenvalue weighted by molar-refractivity contribution is 5.78. The van der Waals surface area contributed by atoms with E-state index in [1.807, 2.05) is 24.3 Å². The minimum Gasteiger partial charge on any atom is -0.380 e. The molecule has 162 valence electrons. The van der Waals surface area contributed by atoms with Gasteiger partial charge in [0.25, 0.3) is 0 Å². The van der Waals surface area contributed by atoms with E-state index >= 15 is 0 Å². The van der Waals surface area contributed by atoms with Gasteiger partial charge in [-0.3, -0.25) is 14.6 Å². The third-order valence-corrected chi connectivity index (χ3v) is 6.12. The minimum atomic E-state index is 0.0902. The van der Waals surface area contributed by atoms with Crippen LogP contribution >= 0.6 is 0 Å². The van der Waals surface area contributed by atoms with Crippen molar-refractivity contribution in [3.8, 4) is 0 Å². The molecule has 0 bridgehead atoms. The molecule has 1 amide bonds. The van der Waals surface area contributed by atoms with E-state index in [0.717, 1.165) is 37.2 Å². The molecule has 0 spiro atoms. The smallest absolute Gasteiger partial charge is 0.234 e. The predicted octanol–water partition coefficient (Wildman–Crippen LogP) is 3.61. The van der Waals surface area contributed by atoms with Crippen LogP contribution in [0.1, 0.15) is 43.0 Å². The molecule has 2 unspecified atom stereocenters. The van der Waals surface area contributed by atoms with E-state index in [2.05, 4.69) is 59.3 Å². The van der Waals surface area contributed by atoms with Crippen molar-refractivity contribution in [2.24, 2.45) is 0 Å². The third kappa shape index (κ3) is 6.14. The van der Waals surface area contributed by atoms with Crippen molar-refractivity contribution >= 4 is 5.91 Å². The number of rotatable bonds is 10. The molecule has 1 fully saturated rings. The van der Waals surface area contributed by atoms with Gasteiger partial charge in [0.1, 0.15) is 0 Å². The first-order chi connectivity index (χ1) is 14.6. The van der Waals surface area contributed by atoms with Gasteiger partial charge in [-0.15, -0.1) is 0 Å². The number of benzene rings is 2. The fraction of sp³-hybridized carbons (Fsp3) is 0.480. The maximum Gasteiger partial charge on any atom is 0.234 e. The van der Waals surface area contributed by atoms with E-state index in [4.69, 9.17) is 4.74 Å². The zero-order valence-corrected chi connectivity index (χ0v) is 18.5. The lowest BCUT2D eigenvalue weighted by Gasteiger charge is -2.29. The lowest BCUT2D eigenvalue weighted by Crippen LogP contribution is -2.44. The van der Waals surface area contributed by atoms with Gasteiger partial charge < -0.3 is 10.1 Å². The average Bonchev–Trinajstić information content (AvgIpc) is 3.27. The van der Waals surface area contributed by atoms with Gasteiger partial charge in [-0.1, -0.05) is 61.5 Å². The SMILES string of the molecule is CCN(CC(=O)NCc1ccc(COC)cc1)C1CCN(C(C)c2ccccc2)C1. The Bertz CT molecular complexity index is 779. The summed E-state index contributed by atoms with van der Waals surface area (Å²) in [5.74, 6) is 0.0902. The van der Waals surface area contributed by atoms with Crippen molar-refractivity contribution < 1.29 is 9.53 Å². The molecular formula is C25H35N3O2. The molecule has 0 radical (unpaired) electrons. The summed E-state index contributed by atoms with van der Waals surface area (Å²) >= 11 is 0. The number of likely N-dealkylation sites (tertiary alicyclic amines) is 1.